The Labute approximate surface area is 228 Å². The first-order valence-electron chi connectivity index (χ1n) is 13.5. The number of likely N-dealkylation sites (N-methyl/N-ethyl adjacent to an activating group) is 1. The van der Waals surface area contributed by atoms with Crippen molar-refractivity contribution in [1.29, 1.82) is 0 Å². The van der Waals surface area contributed by atoms with Crippen LogP contribution in [0.2, 0.25) is 0 Å². The van der Waals surface area contributed by atoms with Crippen LogP contribution in [-0.4, -0.2) is 69.7 Å². The molecule has 0 heterocycles. The second-order valence-corrected chi connectivity index (χ2v) is 11.9. The Morgan fingerprint density at radius 1 is 0.921 bits per heavy atom. The number of nitrogens with one attached hydrogen (secondary N) is 3. The molecule has 0 aliphatic carbocycles. The molecular formula is C27H48N3O7P. The molecule has 0 fully saturated rings. The van der Waals surface area contributed by atoms with Crippen LogP contribution in [0.25, 0.3) is 0 Å². The van der Waals surface area contributed by atoms with Crippen LogP contribution < -0.4 is 20.7 Å². The van der Waals surface area contributed by atoms with Crippen LogP contribution in [0.5, 0.6) is 5.75 Å². The molecule has 2 amide bonds. The third kappa shape index (κ3) is 10.3. The van der Waals surface area contributed by atoms with Gasteiger partial charge in [-0.1, -0.05) is 32.9 Å². The third-order valence-corrected chi connectivity index (χ3v) is 8.89. The van der Waals surface area contributed by atoms with Crippen molar-refractivity contribution in [3.8, 4) is 5.75 Å². The smallest absolute Gasteiger partial charge is 0.273 e. The van der Waals surface area contributed by atoms with Gasteiger partial charge in [0, 0.05) is 26.7 Å². The van der Waals surface area contributed by atoms with Crippen LogP contribution in [0.15, 0.2) is 24.3 Å². The molecule has 1 aromatic rings. The molecule has 10 nitrogen and oxygen atoms in total. The molecule has 38 heavy (non-hydrogen) atoms. The quantitative estimate of drug-likeness (QED) is 0.173. The molecule has 0 aliphatic heterocycles. The lowest BCUT2D eigenvalue weighted by Gasteiger charge is -2.35. The molecule has 0 spiro atoms. The van der Waals surface area contributed by atoms with Gasteiger partial charge < -0.3 is 29.4 Å². The summed E-state index contributed by atoms with van der Waals surface area (Å²) in [5.74, 6) is -0.502. The van der Waals surface area contributed by atoms with Crippen LogP contribution in [0.4, 0.5) is 0 Å². The Balaban J connectivity index is 3.24. The summed E-state index contributed by atoms with van der Waals surface area (Å²) < 4.78 is 36.6. The molecule has 0 aromatic heterocycles. The maximum Gasteiger partial charge on any atom is 0.273 e. The second-order valence-electron chi connectivity index (χ2n) is 9.28. The lowest BCUT2D eigenvalue weighted by molar-refractivity contribution is -0.130. The van der Waals surface area contributed by atoms with Gasteiger partial charge >= 0.3 is 0 Å². The molecule has 0 saturated carbocycles. The van der Waals surface area contributed by atoms with Crippen LogP contribution in [0.1, 0.15) is 59.9 Å². The van der Waals surface area contributed by atoms with Gasteiger partial charge in [0.15, 0.2) is 0 Å². The van der Waals surface area contributed by atoms with Gasteiger partial charge in [-0.2, -0.15) is 0 Å². The van der Waals surface area contributed by atoms with Gasteiger partial charge in [0.1, 0.15) is 11.8 Å². The molecular weight excluding hydrogens is 509 g/mol. The zero-order valence-electron chi connectivity index (χ0n) is 24.2. The van der Waals surface area contributed by atoms with Crippen LogP contribution in [0, 0.1) is 5.92 Å². The standard InChI is InChI=1S/C27H48N3O7P/c1-9-24(38(33,37-12-4)27(35-10-2)36-11-3)29-22(17-19(5)6)26(32)30-23(25(31)28-7)18-20-13-15-21(34-8)16-14-20/h13-16,19,22-24,27,29H,9-12,17-18H2,1-8H3,(H,28,31)(H,30,32)/t22?,23-,24?,38?/m0/s1. The number of hydrogen-bond donors (Lipinski definition) is 3. The maximum absolute atomic E-state index is 14.2. The van der Waals surface area contributed by atoms with Gasteiger partial charge in [0.05, 0.1) is 25.5 Å². The largest absolute Gasteiger partial charge is 0.497 e. The lowest BCUT2D eigenvalue weighted by atomic mass is 10.0. The summed E-state index contributed by atoms with van der Waals surface area (Å²) in [4.78, 5) is 26.3. The Bertz CT molecular complexity index is 876. The fourth-order valence-electron chi connectivity index (χ4n) is 4.12. The minimum absolute atomic E-state index is 0.150. The van der Waals surface area contributed by atoms with E-state index in [2.05, 4.69) is 16.0 Å². The number of carbonyl (C=O) groups excluding carboxylic acids is 2. The predicted molar refractivity (Wildman–Crippen MR) is 149 cm³/mol. The molecule has 3 N–H and O–H groups in total. The average molecular weight is 558 g/mol. The molecule has 0 aliphatic rings. The van der Waals surface area contributed by atoms with E-state index < -0.39 is 31.3 Å². The normalized spacial score (nSPS) is 15.5. The number of rotatable bonds is 19. The first kappa shape index (κ1) is 34.1. The van der Waals surface area contributed by atoms with Gasteiger partial charge in [-0.15, -0.1) is 0 Å². The minimum atomic E-state index is -3.56. The predicted octanol–water partition coefficient (Wildman–Crippen LogP) is 3.88. The summed E-state index contributed by atoms with van der Waals surface area (Å²) in [6.45, 7) is 12.0. The van der Waals surface area contributed by atoms with Crippen molar-refractivity contribution >= 4 is 19.2 Å². The number of ether oxygens (including phenoxy) is 3. The number of methoxy groups -OCH3 is 1. The molecule has 0 radical (unpaired) electrons. The zero-order chi connectivity index (χ0) is 28.7. The number of amides is 2. The molecule has 0 bridgehead atoms. The third-order valence-electron chi connectivity index (χ3n) is 5.96. The van der Waals surface area contributed by atoms with Gasteiger partial charge in [0.25, 0.3) is 7.37 Å². The lowest BCUT2D eigenvalue weighted by Crippen LogP contribution is -2.55. The van der Waals surface area contributed by atoms with E-state index in [1.165, 1.54) is 7.05 Å². The highest BCUT2D eigenvalue weighted by atomic mass is 31.2. The Hall–Kier alpha value is -1.97. The van der Waals surface area contributed by atoms with Crippen molar-refractivity contribution in [3.05, 3.63) is 29.8 Å². The van der Waals surface area contributed by atoms with Crippen molar-refractivity contribution in [2.24, 2.45) is 5.92 Å². The highest BCUT2D eigenvalue weighted by Crippen LogP contribution is 2.57. The Morgan fingerprint density at radius 3 is 1.97 bits per heavy atom. The summed E-state index contributed by atoms with van der Waals surface area (Å²) in [7, 11) is -0.437. The summed E-state index contributed by atoms with van der Waals surface area (Å²) in [5, 5.41) is 8.83. The molecule has 11 heteroatoms. The summed E-state index contributed by atoms with van der Waals surface area (Å²) in [6, 6.07) is 4.77. The molecule has 4 atom stereocenters. The fraction of sp³-hybridized carbons (Fsp3) is 0.704. The van der Waals surface area contributed by atoms with Gasteiger partial charge in [-0.05, 0) is 57.2 Å². The van der Waals surface area contributed by atoms with Crippen LogP contribution in [0.3, 0.4) is 0 Å². The van der Waals surface area contributed by atoms with Gasteiger partial charge in [-0.25, -0.2) is 0 Å². The van der Waals surface area contributed by atoms with E-state index in [1.807, 2.05) is 45.0 Å². The highest BCUT2D eigenvalue weighted by molar-refractivity contribution is 7.60. The molecule has 1 aromatic carbocycles. The van der Waals surface area contributed by atoms with E-state index in [0.717, 1.165) is 5.56 Å². The number of benzene rings is 1. The van der Waals surface area contributed by atoms with Crippen molar-refractivity contribution in [2.45, 2.75) is 84.7 Å². The van der Waals surface area contributed by atoms with E-state index in [4.69, 9.17) is 18.7 Å². The summed E-state index contributed by atoms with van der Waals surface area (Å²) in [5.41, 5.74) is 0.872. The van der Waals surface area contributed by atoms with Crippen molar-refractivity contribution in [2.75, 3.05) is 34.0 Å². The molecule has 1 rings (SSSR count). The SMILES string of the molecule is CCOC(OCC)P(=O)(OCC)C(CC)NC(CC(C)C)C(=O)N[C@@H](Cc1ccc(OC)cc1)C(=O)NC. The second kappa shape index (κ2) is 17.6. The van der Waals surface area contributed by atoms with Crippen LogP contribution in [-0.2, 0) is 34.6 Å². The van der Waals surface area contributed by atoms with Crippen molar-refractivity contribution in [3.63, 3.8) is 0 Å². The Kier molecular flexibility index (Phi) is 15.8. The fourth-order valence-corrected chi connectivity index (χ4v) is 6.73. The maximum atomic E-state index is 14.2. The summed E-state index contributed by atoms with van der Waals surface area (Å²) >= 11 is 0. The topological polar surface area (TPSA) is 124 Å². The minimum Gasteiger partial charge on any atom is -0.497 e. The number of carbonyl (C=O) groups is 2. The average Bonchev–Trinajstić information content (AvgIpc) is 2.90. The van der Waals surface area contributed by atoms with Crippen molar-refractivity contribution < 1.29 is 32.9 Å². The van der Waals surface area contributed by atoms with E-state index in [1.54, 1.807) is 27.9 Å². The first-order valence-corrected chi connectivity index (χ1v) is 15.2. The van der Waals surface area contributed by atoms with Gasteiger partial charge in [0.2, 0.25) is 17.8 Å². The summed E-state index contributed by atoms with van der Waals surface area (Å²) in [6.07, 6.45) is 1.18. The van der Waals surface area contributed by atoms with Crippen LogP contribution >= 0.6 is 7.37 Å². The molecule has 0 saturated heterocycles. The van der Waals surface area contributed by atoms with E-state index in [-0.39, 0.29) is 24.3 Å². The monoisotopic (exact) mass is 557 g/mol. The zero-order valence-corrected chi connectivity index (χ0v) is 25.1. The first-order chi connectivity index (χ1) is 18.1. The van der Waals surface area contributed by atoms with E-state index >= 15 is 0 Å². The molecule has 218 valence electrons. The molecule has 3 unspecified atom stereocenters. The van der Waals surface area contributed by atoms with E-state index in [0.29, 0.717) is 38.2 Å². The van der Waals surface area contributed by atoms with E-state index in [9.17, 15) is 14.2 Å². The van der Waals surface area contributed by atoms with Crippen molar-refractivity contribution in [1.82, 2.24) is 16.0 Å². The number of hydrogen-bond acceptors (Lipinski definition) is 8. The van der Waals surface area contributed by atoms with Gasteiger partial charge in [-0.3, -0.25) is 19.5 Å². The highest BCUT2D eigenvalue weighted by Gasteiger charge is 2.44. The Morgan fingerprint density at radius 2 is 1.53 bits per heavy atom.